The van der Waals surface area contributed by atoms with Crippen molar-refractivity contribution in [3.8, 4) is 0 Å². The van der Waals surface area contributed by atoms with Crippen molar-refractivity contribution in [3.63, 3.8) is 0 Å². The van der Waals surface area contributed by atoms with E-state index in [-0.39, 0.29) is 0 Å². The van der Waals surface area contributed by atoms with E-state index in [4.69, 9.17) is 11.6 Å². The highest BCUT2D eigenvalue weighted by molar-refractivity contribution is 6.30. The molecule has 0 spiro atoms. The fourth-order valence-electron chi connectivity index (χ4n) is 4.84. The molecule has 0 aliphatic heterocycles. The Morgan fingerprint density at radius 2 is 2.05 bits per heavy atom. The summed E-state index contributed by atoms with van der Waals surface area (Å²) in [6, 6.07) is 9.20. The van der Waals surface area contributed by atoms with E-state index >= 15 is 0 Å². The van der Waals surface area contributed by atoms with Gasteiger partial charge in [-0.15, -0.1) is 0 Å². The Balaban J connectivity index is 1.80. The summed E-state index contributed by atoms with van der Waals surface area (Å²) in [4.78, 5) is 0. The van der Waals surface area contributed by atoms with Crippen LogP contribution >= 0.6 is 11.6 Å². The number of hydrogen-bond donors (Lipinski definition) is 1. The van der Waals surface area contributed by atoms with Gasteiger partial charge in [0.1, 0.15) is 0 Å². The first kappa shape index (κ1) is 14.4. The molecule has 1 aromatic carbocycles. The van der Waals surface area contributed by atoms with Gasteiger partial charge in [-0.05, 0) is 60.6 Å². The van der Waals surface area contributed by atoms with Crippen LogP contribution in [-0.2, 0) is 0 Å². The highest BCUT2D eigenvalue weighted by Crippen LogP contribution is 2.62. The molecule has 0 saturated heterocycles. The maximum absolute atomic E-state index is 6.12. The Labute approximate surface area is 128 Å². The molecule has 110 valence electrons. The second-order valence-corrected chi connectivity index (χ2v) is 8.23. The summed E-state index contributed by atoms with van der Waals surface area (Å²) in [7, 11) is 0. The molecule has 0 aromatic heterocycles. The fourth-order valence-corrected chi connectivity index (χ4v) is 5.04. The summed E-state index contributed by atoms with van der Waals surface area (Å²) in [5.41, 5.74) is 2.17. The Morgan fingerprint density at radius 1 is 1.30 bits per heavy atom. The van der Waals surface area contributed by atoms with Crippen molar-refractivity contribution in [1.82, 2.24) is 5.32 Å². The van der Waals surface area contributed by atoms with Gasteiger partial charge in [-0.25, -0.2) is 0 Å². The van der Waals surface area contributed by atoms with E-state index in [0.717, 1.165) is 10.9 Å². The SMILES string of the molecule is CC(NC1C(C)(C)[C@H]2CC[C@]1(C)C2)c1cccc(Cl)c1. The number of nitrogens with one attached hydrogen (secondary N) is 1. The lowest BCUT2D eigenvalue weighted by atomic mass is 9.68. The first-order valence-corrected chi connectivity index (χ1v) is 8.22. The molecule has 0 radical (unpaired) electrons. The van der Waals surface area contributed by atoms with Crippen molar-refractivity contribution in [2.75, 3.05) is 0 Å². The third kappa shape index (κ3) is 2.19. The van der Waals surface area contributed by atoms with Crippen molar-refractivity contribution >= 4 is 11.6 Å². The van der Waals surface area contributed by atoms with Gasteiger partial charge in [-0.3, -0.25) is 0 Å². The number of benzene rings is 1. The van der Waals surface area contributed by atoms with Crippen LogP contribution in [0.15, 0.2) is 24.3 Å². The third-order valence-electron chi connectivity index (χ3n) is 6.04. The average molecular weight is 292 g/mol. The van der Waals surface area contributed by atoms with Crippen LogP contribution < -0.4 is 5.32 Å². The van der Waals surface area contributed by atoms with Gasteiger partial charge in [0, 0.05) is 17.1 Å². The van der Waals surface area contributed by atoms with Gasteiger partial charge in [-0.2, -0.15) is 0 Å². The van der Waals surface area contributed by atoms with Crippen LogP contribution in [0.4, 0.5) is 0 Å². The maximum Gasteiger partial charge on any atom is 0.0409 e. The molecule has 2 heteroatoms. The fraction of sp³-hybridized carbons (Fsp3) is 0.667. The Hall–Kier alpha value is -0.530. The van der Waals surface area contributed by atoms with Crippen LogP contribution in [0.3, 0.4) is 0 Å². The van der Waals surface area contributed by atoms with Crippen molar-refractivity contribution in [2.24, 2.45) is 16.7 Å². The van der Waals surface area contributed by atoms with Crippen molar-refractivity contribution in [2.45, 2.75) is 59.0 Å². The van der Waals surface area contributed by atoms with Crippen molar-refractivity contribution in [1.29, 1.82) is 0 Å². The van der Waals surface area contributed by atoms with E-state index in [9.17, 15) is 0 Å². The summed E-state index contributed by atoms with van der Waals surface area (Å²) in [5.74, 6) is 0.886. The minimum Gasteiger partial charge on any atom is -0.306 e. The highest BCUT2D eigenvalue weighted by Gasteiger charge is 2.59. The molecule has 2 fully saturated rings. The monoisotopic (exact) mass is 291 g/mol. The molecule has 2 unspecified atom stereocenters. The molecule has 3 rings (SSSR count). The molecule has 2 bridgehead atoms. The van der Waals surface area contributed by atoms with Gasteiger partial charge in [0.05, 0.1) is 0 Å². The largest absolute Gasteiger partial charge is 0.306 e. The minimum atomic E-state index is 0.356. The van der Waals surface area contributed by atoms with E-state index in [1.807, 2.05) is 12.1 Å². The molecule has 4 atom stereocenters. The molecule has 20 heavy (non-hydrogen) atoms. The van der Waals surface area contributed by atoms with Gasteiger partial charge in [0.15, 0.2) is 0 Å². The predicted octanol–water partition coefficient (Wildman–Crippen LogP) is 5.21. The van der Waals surface area contributed by atoms with Gasteiger partial charge in [0.2, 0.25) is 0 Å². The van der Waals surface area contributed by atoms with E-state index in [0.29, 0.717) is 22.9 Å². The van der Waals surface area contributed by atoms with Crippen molar-refractivity contribution < 1.29 is 0 Å². The molecule has 1 aromatic rings. The smallest absolute Gasteiger partial charge is 0.0409 e. The number of fused-ring (bicyclic) bond motifs is 2. The van der Waals surface area contributed by atoms with Crippen LogP contribution in [0, 0.1) is 16.7 Å². The standard InChI is InChI=1S/C18H26ClN/c1-12(13-6-5-7-15(19)10-13)20-16-17(2,3)14-8-9-18(16,4)11-14/h5-7,10,12,14,16,20H,8-9,11H2,1-4H3/t12?,14-,16?,18+/m0/s1. The second kappa shape index (κ2) is 4.74. The molecule has 1 nitrogen and oxygen atoms in total. The van der Waals surface area contributed by atoms with Gasteiger partial charge < -0.3 is 5.32 Å². The van der Waals surface area contributed by atoms with Crippen molar-refractivity contribution in [3.05, 3.63) is 34.9 Å². The molecule has 1 N–H and O–H groups in total. The summed E-state index contributed by atoms with van der Waals surface area (Å²) in [5, 5.41) is 4.75. The van der Waals surface area contributed by atoms with Gasteiger partial charge in [-0.1, -0.05) is 44.5 Å². The second-order valence-electron chi connectivity index (χ2n) is 7.79. The van der Waals surface area contributed by atoms with E-state index in [2.05, 4.69) is 45.1 Å². The summed E-state index contributed by atoms with van der Waals surface area (Å²) in [6.07, 6.45) is 4.17. The number of halogens is 1. The molecule has 0 heterocycles. The molecule has 0 amide bonds. The molecular formula is C18H26ClN. The van der Waals surface area contributed by atoms with Gasteiger partial charge >= 0.3 is 0 Å². The molecule has 2 saturated carbocycles. The Kier molecular flexibility index (Phi) is 3.42. The molecule has 2 aliphatic rings. The lowest BCUT2D eigenvalue weighted by Gasteiger charge is -2.44. The number of hydrogen-bond acceptors (Lipinski definition) is 1. The summed E-state index contributed by atoms with van der Waals surface area (Å²) in [6.45, 7) is 9.63. The lowest BCUT2D eigenvalue weighted by molar-refractivity contribution is 0.100. The molecule has 2 aliphatic carbocycles. The topological polar surface area (TPSA) is 12.0 Å². The first-order chi connectivity index (χ1) is 9.33. The zero-order chi connectivity index (χ0) is 14.5. The van der Waals surface area contributed by atoms with E-state index in [1.165, 1.54) is 24.8 Å². The normalized spacial score (nSPS) is 36.2. The van der Waals surface area contributed by atoms with Crippen LogP contribution in [0.25, 0.3) is 0 Å². The number of rotatable bonds is 3. The molecular weight excluding hydrogens is 266 g/mol. The van der Waals surface area contributed by atoms with Crippen LogP contribution in [-0.4, -0.2) is 6.04 Å². The predicted molar refractivity (Wildman–Crippen MR) is 86.0 cm³/mol. The average Bonchev–Trinajstić information content (AvgIpc) is 2.85. The maximum atomic E-state index is 6.12. The Bertz CT molecular complexity index is 505. The first-order valence-electron chi connectivity index (χ1n) is 7.84. The quantitative estimate of drug-likeness (QED) is 0.806. The zero-order valence-corrected chi connectivity index (χ0v) is 13.8. The van der Waals surface area contributed by atoms with E-state index < -0.39 is 0 Å². The summed E-state index contributed by atoms with van der Waals surface area (Å²) >= 11 is 6.12. The van der Waals surface area contributed by atoms with Crippen LogP contribution in [0.2, 0.25) is 5.02 Å². The Morgan fingerprint density at radius 3 is 2.65 bits per heavy atom. The van der Waals surface area contributed by atoms with Gasteiger partial charge in [0.25, 0.3) is 0 Å². The zero-order valence-electron chi connectivity index (χ0n) is 13.0. The lowest BCUT2D eigenvalue weighted by Crippen LogP contribution is -2.50. The minimum absolute atomic E-state index is 0.356. The third-order valence-corrected chi connectivity index (χ3v) is 6.27. The van der Waals surface area contributed by atoms with E-state index in [1.54, 1.807) is 0 Å². The van der Waals surface area contributed by atoms with Crippen LogP contribution in [0.5, 0.6) is 0 Å². The highest BCUT2D eigenvalue weighted by atomic mass is 35.5. The summed E-state index contributed by atoms with van der Waals surface area (Å²) < 4.78 is 0. The van der Waals surface area contributed by atoms with Crippen LogP contribution in [0.1, 0.15) is 58.6 Å².